The number of carbonyl (C=O) groups excluding carboxylic acids is 1. The van der Waals surface area contributed by atoms with Crippen molar-refractivity contribution in [2.75, 3.05) is 17.2 Å². The second-order valence-electron chi connectivity index (χ2n) is 4.78. The second kappa shape index (κ2) is 4.78. The van der Waals surface area contributed by atoms with E-state index in [1.54, 1.807) is 0 Å². The van der Waals surface area contributed by atoms with Crippen molar-refractivity contribution in [1.82, 2.24) is 0 Å². The fourth-order valence-electron chi connectivity index (χ4n) is 2.48. The summed E-state index contributed by atoms with van der Waals surface area (Å²) < 4.78 is 0. The first kappa shape index (κ1) is 12.0. The van der Waals surface area contributed by atoms with Crippen molar-refractivity contribution in [3.63, 3.8) is 0 Å². The highest BCUT2D eigenvalue weighted by Crippen LogP contribution is 2.29. The topological polar surface area (TPSA) is 46.3 Å². The Bertz CT molecular complexity index is 428. The van der Waals surface area contributed by atoms with Gasteiger partial charge in [0.05, 0.1) is 0 Å². The summed E-state index contributed by atoms with van der Waals surface area (Å²) in [5, 5.41) is 0. The number of amides is 1. The zero-order valence-electron chi connectivity index (χ0n) is 10.6. The lowest BCUT2D eigenvalue weighted by molar-refractivity contribution is -0.123. The SMILES string of the molecule is CCC1CCCN(c2cc(N)ccc2C)C1=O. The standard InChI is InChI=1S/C14H20N2O/c1-3-11-5-4-8-16(14(11)17)13-9-12(15)7-6-10(13)2/h6-7,9,11H,3-5,8,15H2,1-2H3. The molecule has 0 spiro atoms. The Morgan fingerprint density at radius 1 is 1.47 bits per heavy atom. The van der Waals surface area contributed by atoms with Crippen LogP contribution in [0.4, 0.5) is 11.4 Å². The van der Waals surface area contributed by atoms with Crippen molar-refractivity contribution in [3.8, 4) is 0 Å². The molecule has 1 unspecified atom stereocenters. The Kier molecular flexibility index (Phi) is 3.36. The third kappa shape index (κ3) is 2.28. The number of aryl methyl sites for hydroxylation is 1. The van der Waals surface area contributed by atoms with Crippen molar-refractivity contribution in [2.45, 2.75) is 33.1 Å². The summed E-state index contributed by atoms with van der Waals surface area (Å²) in [6, 6.07) is 5.77. The number of nitrogens with zero attached hydrogens (tertiary/aromatic N) is 1. The van der Waals surface area contributed by atoms with E-state index in [1.165, 1.54) is 0 Å². The molecule has 1 aromatic carbocycles. The number of rotatable bonds is 2. The summed E-state index contributed by atoms with van der Waals surface area (Å²) in [4.78, 5) is 14.2. The van der Waals surface area contributed by atoms with Gasteiger partial charge in [-0.2, -0.15) is 0 Å². The van der Waals surface area contributed by atoms with E-state index in [4.69, 9.17) is 5.73 Å². The van der Waals surface area contributed by atoms with Gasteiger partial charge in [0.25, 0.3) is 0 Å². The average Bonchev–Trinajstić information content (AvgIpc) is 2.33. The quantitative estimate of drug-likeness (QED) is 0.797. The highest BCUT2D eigenvalue weighted by molar-refractivity contribution is 5.96. The van der Waals surface area contributed by atoms with E-state index in [2.05, 4.69) is 6.92 Å². The highest BCUT2D eigenvalue weighted by Gasteiger charge is 2.28. The Hall–Kier alpha value is -1.51. The number of nitrogens with two attached hydrogens (primary N) is 1. The average molecular weight is 232 g/mol. The second-order valence-corrected chi connectivity index (χ2v) is 4.78. The van der Waals surface area contributed by atoms with Crippen molar-refractivity contribution < 1.29 is 4.79 Å². The van der Waals surface area contributed by atoms with Crippen molar-refractivity contribution >= 4 is 17.3 Å². The van der Waals surface area contributed by atoms with Crippen molar-refractivity contribution in [3.05, 3.63) is 23.8 Å². The number of hydrogen-bond acceptors (Lipinski definition) is 2. The van der Waals surface area contributed by atoms with Gasteiger partial charge in [-0.15, -0.1) is 0 Å². The summed E-state index contributed by atoms with van der Waals surface area (Å²) in [5.74, 6) is 0.442. The van der Waals surface area contributed by atoms with E-state index in [-0.39, 0.29) is 11.8 Å². The van der Waals surface area contributed by atoms with Gasteiger partial charge in [-0.1, -0.05) is 13.0 Å². The fourth-order valence-corrected chi connectivity index (χ4v) is 2.48. The molecule has 0 bridgehead atoms. The van der Waals surface area contributed by atoms with Crippen LogP contribution in [0.25, 0.3) is 0 Å². The minimum Gasteiger partial charge on any atom is -0.399 e. The Morgan fingerprint density at radius 3 is 2.94 bits per heavy atom. The van der Waals surface area contributed by atoms with Crippen molar-refractivity contribution in [2.24, 2.45) is 5.92 Å². The van der Waals surface area contributed by atoms with Gasteiger partial charge in [0.1, 0.15) is 0 Å². The zero-order chi connectivity index (χ0) is 12.4. The molecule has 0 saturated carbocycles. The largest absolute Gasteiger partial charge is 0.399 e. The Labute approximate surface area is 103 Å². The molecule has 1 fully saturated rings. The van der Waals surface area contributed by atoms with Crippen LogP contribution < -0.4 is 10.6 Å². The van der Waals surface area contributed by atoms with Gasteiger partial charge < -0.3 is 10.6 Å². The fraction of sp³-hybridized carbons (Fsp3) is 0.500. The van der Waals surface area contributed by atoms with Gasteiger partial charge in [0, 0.05) is 23.8 Å². The maximum Gasteiger partial charge on any atom is 0.230 e. The molecule has 1 saturated heterocycles. The van der Waals surface area contributed by atoms with Gasteiger partial charge in [-0.05, 0) is 43.9 Å². The first-order valence-corrected chi connectivity index (χ1v) is 6.31. The van der Waals surface area contributed by atoms with E-state index >= 15 is 0 Å². The van der Waals surface area contributed by atoms with Crippen molar-refractivity contribution in [1.29, 1.82) is 0 Å². The molecule has 17 heavy (non-hydrogen) atoms. The highest BCUT2D eigenvalue weighted by atomic mass is 16.2. The van der Waals surface area contributed by atoms with Gasteiger partial charge in [0.2, 0.25) is 5.91 Å². The molecule has 1 aliphatic rings. The third-order valence-electron chi connectivity index (χ3n) is 3.57. The lowest BCUT2D eigenvalue weighted by Crippen LogP contribution is -2.41. The Balaban J connectivity index is 2.32. The van der Waals surface area contributed by atoms with Crippen LogP contribution in [0.15, 0.2) is 18.2 Å². The van der Waals surface area contributed by atoms with Crippen LogP contribution in [-0.4, -0.2) is 12.5 Å². The van der Waals surface area contributed by atoms with E-state index in [0.29, 0.717) is 0 Å². The van der Waals surface area contributed by atoms with Crippen LogP contribution in [-0.2, 0) is 4.79 Å². The number of piperidine rings is 1. The summed E-state index contributed by atoms with van der Waals surface area (Å²) in [6.07, 6.45) is 3.03. The molecule has 1 aromatic rings. The van der Waals surface area contributed by atoms with Crippen LogP contribution in [0.2, 0.25) is 0 Å². The molecule has 3 heteroatoms. The predicted molar refractivity (Wildman–Crippen MR) is 71.0 cm³/mol. The van der Waals surface area contributed by atoms with Gasteiger partial charge in [-0.25, -0.2) is 0 Å². The molecule has 1 heterocycles. The maximum atomic E-state index is 12.3. The van der Waals surface area contributed by atoms with Crippen LogP contribution >= 0.6 is 0 Å². The summed E-state index contributed by atoms with van der Waals surface area (Å²) in [5.41, 5.74) is 8.62. The first-order valence-electron chi connectivity index (χ1n) is 6.31. The lowest BCUT2D eigenvalue weighted by atomic mass is 9.93. The predicted octanol–water partition coefficient (Wildman–Crippen LogP) is 2.73. The minimum atomic E-state index is 0.185. The smallest absolute Gasteiger partial charge is 0.230 e. The molecular weight excluding hydrogens is 212 g/mol. The summed E-state index contributed by atoms with van der Waals surface area (Å²) >= 11 is 0. The summed E-state index contributed by atoms with van der Waals surface area (Å²) in [6.45, 7) is 4.93. The van der Waals surface area contributed by atoms with Gasteiger partial charge >= 0.3 is 0 Å². The normalized spacial score (nSPS) is 20.7. The van der Waals surface area contributed by atoms with E-state index in [9.17, 15) is 4.79 Å². The molecule has 2 N–H and O–H groups in total. The van der Waals surface area contributed by atoms with E-state index in [0.717, 1.165) is 42.7 Å². The van der Waals surface area contributed by atoms with Gasteiger partial charge in [-0.3, -0.25) is 4.79 Å². The lowest BCUT2D eigenvalue weighted by Gasteiger charge is -2.33. The molecular formula is C14H20N2O. The van der Waals surface area contributed by atoms with E-state index < -0.39 is 0 Å². The molecule has 0 aromatic heterocycles. The molecule has 92 valence electrons. The summed E-state index contributed by atoms with van der Waals surface area (Å²) in [7, 11) is 0. The number of hydrogen-bond donors (Lipinski definition) is 1. The number of benzene rings is 1. The molecule has 3 nitrogen and oxygen atoms in total. The molecule has 2 rings (SSSR count). The first-order chi connectivity index (χ1) is 8.13. The van der Waals surface area contributed by atoms with E-state index in [1.807, 2.05) is 30.0 Å². The zero-order valence-corrected chi connectivity index (χ0v) is 10.6. The number of nitrogen functional groups attached to an aromatic ring is 1. The third-order valence-corrected chi connectivity index (χ3v) is 3.57. The molecule has 0 radical (unpaired) electrons. The molecule has 1 atom stereocenters. The molecule has 0 aliphatic carbocycles. The van der Waals surface area contributed by atoms with Gasteiger partial charge in [0.15, 0.2) is 0 Å². The van der Waals surface area contributed by atoms with Crippen LogP contribution in [0.5, 0.6) is 0 Å². The molecule has 1 aliphatic heterocycles. The number of carbonyl (C=O) groups is 1. The molecule has 1 amide bonds. The Morgan fingerprint density at radius 2 is 2.24 bits per heavy atom. The monoisotopic (exact) mass is 232 g/mol. The maximum absolute atomic E-state index is 12.3. The van der Waals surface area contributed by atoms with Crippen LogP contribution in [0.1, 0.15) is 31.7 Å². The van der Waals surface area contributed by atoms with Crippen LogP contribution in [0, 0.1) is 12.8 Å². The minimum absolute atomic E-state index is 0.185. The van der Waals surface area contributed by atoms with Crippen LogP contribution in [0.3, 0.4) is 0 Å². The number of anilines is 2.